The SMILES string of the molecule is CCCCCCCCCCCCCCCCCC/C=C/C(O)C(CO)NC(=O)CCCCCCCCC/C=C\CCCCCCCCCCCOC(=O)CCCCCCCCCCCCC. The van der Waals surface area contributed by atoms with E-state index in [1.165, 1.54) is 244 Å². The monoisotopic (exact) mass is 930 g/mol. The van der Waals surface area contributed by atoms with Crippen LogP contribution in [0.2, 0.25) is 0 Å². The molecular weight excluding hydrogens is 815 g/mol. The predicted molar refractivity (Wildman–Crippen MR) is 287 cm³/mol. The molecule has 6 heteroatoms. The number of hydrogen-bond acceptors (Lipinski definition) is 5. The third kappa shape index (κ3) is 51.7. The number of carbonyl (C=O) groups is 2. The van der Waals surface area contributed by atoms with Crippen LogP contribution in [0.15, 0.2) is 24.3 Å². The standard InChI is InChI=1S/C60H115NO5/c1-3-5-7-9-11-13-15-16-17-18-23-26-29-33-36-40-44-48-52-58(63)57(56-62)61-59(64)53-49-45-41-37-34-30-27-24-21-19-20-22-25-28-31-35-39-43-47-51-55-66-60(65)54-50-46-42-38-32-14-12-10-8-6-4-2/h19,21,48,52,57-58,62-63H,3-18,20,22-47,49-51,53-56H2,1-2H3,(H,61,64)/b21-19-,52-48+. The molecule has 0 radical (unpaired) electrons. The van der Waals surface area contributed by atoms with Crippen molar-refractivity contribution >= 4 is 11.9 Å². The van der Waals surface area contributed by atoms with E-state index in [0.717, 1.165) is 51.4 Å². The van der Waals surface area contributed by atoms with Gasteiger partial charge in [-0.3, -0.25) is 9.59 Å². The highest BCUT2D eigenvalue weighted by molar-refractivity contribution is 5.76. The van der Waals surface area contributed by atoms with Crippen LogP contribution in [0.1, 0.15) is 322 Å². The number of hydrogen-bond donors (Lipinski definition) is 3. The van der Waals surface area contributed by atoms with Gasteiger partial charge in [-0.2, -0.15) is 0 Å². The van der Waals surface area contributed by atoms with Gasteiger partial charge in [0, 0.05) is 12.8 Å². The fraction of sp³-hybridized carbons (Fsp3) is 0.900. The Morgan fingerprint density at radius 2 is 0.712 bits per heavy atom. The number of rotatable bonds is 55. The summed E-state index contributed by atoms with van der Waals surface area (Å²) in [7, 11) is 0. The van der Waals surface area contributed by atoms with Gasteiger partial charge in [0.25, 0.3) is 0 Å². The number of aliphatic hydroxyl groups is 2. The van der Waals surface area contributed by atoms with Gasteiger partial charge in [-0.25, -0.2) is 0 Å². The molecule has 2 atom stereocenters. The molecule has 0 aromatic carbocycles. The number of esters is 1. The van der Waals surface area contributed by atoms with E-state index in [-0.39, 0.29) is 18.5 Å². The number of aliphatic hydroxyl groups excluding tert-OH is 2. The molecule has 6 nitrogen and oxygen atoms in total. The number of unbranched alkanes of at least 4 members (excludes halogenated alkanes) is 42. The molecular formula is C60H115NO5. The number of amides is 1. The number of allylic oxidation sites excluding steroid dienone is 3. The zero-order valence-corrected chi connectivity index (χ0v) is 44.4. The van der Waals surface area contributed by atoms with E-state index in [1.54, 1.807) is 6.08 Å². The molecule has 3 N–H and O–H groups in total. The average molecular weight is 931 g/mol. The maximum Gasteiger partial charge on any atom is 0.305 e. The molecule has 0 bridgehead atoms. The van der Waals surface area contributed by atoms with Crippen molar-refractivity contribution in [3.63, 3.8) is 0 Å². The van der Waals surface area contributed by atoms with E-state index >= 15 is 0 Å². The Kier molecular flexibility index (Phi) is 54.5. The van der Waals surface area contributed by atoms with Crippen LogP contribution in [0.25, 0.3) is 0 Å². The second-order valence-electron chi connectivity index (χ2n) is 20.3. The van der Waals surface area contributed by atoms with Gasteiger partial charge < -0.3 is 20.3 Å². The second kappa shape index (κ2) is 55.9. The minimum absolute atomic E-state index is 0.00541. The topological polar surface area (TPSA) is 95.9 Å². The summed E-state index contributed by atoms with van der Waals surface area (Å²) in [5.41, 5.74) is 0. The molecule has 0 heterocycles. The molecule has 0 spiro atoms. The Morgan fingerprint density at radius 1 is 0.409 bits per heavy atom. The molecule has 0 aliphatic rings. The van der Waals surface area contributed by atoms with E-state index in [1.807, 2.05) is 6.08 Å². The van der Waals surface area contributed by atoms with Crippen LogP contribution in [0, 0.1) is 0 Å². The molecule has 0 aliphatic carbocycles. The molecule has 0 aliphatic heterocycles. The van der Waals surface area contributed by atoms with Crippen molar-refractivity contribution in [1.82, 2.24) is 5.32 Å². The van der Waals surface area contributed by atoms with Crippen LogP contribution >= 0.6 is 0 Å². The van der Waals surface area contributed by atoms with Crippen molar-refractivity contribution in [3.05, 3.63) is 24.3 Å². The molecule has 66 heavy (non-hydrogen) atoms. The molecule has 1 amide bonds. The third-order valence-electron chi connectivity index (χ3n) is 13.7. The molecule has 2 unspecified atom stereocenters. The Morgan fingerprint density at radius 3 is 1.08 bits per heavy atom. The van der Waals surface area contributed by atoms with E-state index in [9.17, 15) is 19.8 Å². The minimum Gasteiger partial charge on any atom is -0.466 e. The van der Waals surface area contributed by atoms with Gasteiger partial charge in [-0.15, -0.1) is 0 Å². The lowest BCUT2D eigenvalue weighted by Crippen LogP contribution is -2.45. The van der Waals surface area contributed by atoms with Crippen LogP contribution in [-0.4, -0.2) is 47.4 Å². The van der Waals surface area contributed by atoms with Gasteiger partial charge in [0.15, 0.2) is 0 Å². The first-order valence-corrected chi connectivity index (χ1v) is 29.6. The zero-order chi connectivity index (χ0) is 47.9. The van der Waals surface area contributed by atoms with Crippen molar-refractivity contribution in [3.8, 4) is 0 Å². The first-order valence-electron chi connectivity index (χ1n) is 29.6. The quantitative estimate of drug-likeness (QED) is 0.0321. The average Bonchev–Trinajstić information content (AvgIpc) is 3.32. The van der Waals surface area contributed by atoms with Crippen LogP contribution in [-0.2, 0) is 14.3 Å². The summed E-state index contributed by atoms with van der Waals surface area (Å²) in [6.07, 6.45) is 67.7. The third-order valence-corrected chi connectivity index (χ3v) is 13.7. The van der Waals surface area contributed by atoms with Crippen molar-refractivity contribution in [1.29, 1.82) is 0 Å². The molecule has 0 rings (SSSR count). The summed E-state index contributed by atoms with van der Waals surface area (Å²) in [5, 5.41) is 23.1. The first-order chi connectivity index (χ1) is 32.5. The highest BCUT2D eigenvalue weighted by Crippen LogP contribution is 2.17. The van der Waals surface area contributed by atoms with E-state index in [4.69, 9.17) is 4.74 Å². The fourth-order valence-corrected chi connectivity index (χ4v) is 9.16. The molecule has 0 aromatic rings. The van der Waals surface area contributed by atoms with E-state index in [2.05, 4.69) is 31.3 Å². The van der Waals surface area contributed by atoms with Crippen molar-refractivity contribution in [2.24, 2.45) is 0 Å². The lowest BCUT2D eigenvalue weighted by atomic mass is 10.0. The largest absolute Gasteiger partial charge is 0.466 e. The summed E-state index contributed by atoms with van der Waals surface area (Å²) in [5.74, 6) is -0.0691. The van der Waals surface area contributed by atoms with Crippen molar-refractivity contribution in [2.75, 3.05) is 13.2 Å². The second-order valence-corrected chi connectivity index (χ2v) is 20.3. The Balaban J connectivity index is 3.47. The van der Waals surface area contributed by atoms with E-state index < -0.39 is 12.1 Å². The maximum atomic E-state index is 12.5. The Hall–Kier alpha value is -1.66. The molecule has 0 saturated heterocycles. The van der Waals surface area contributed by atoms with E-state index in [0.29, 0.717) is 19.4 Å². The number of carbonyl (C=O) groups excluding carboxylic acids is 2. The fourth-order valence-electron chi connectivity index (χ4n) is 9.16. The highest BCUT2D eigenvalue weighted by atomic mass is 16.5. The van der Waals surface area contributed by atoms with Crippen LogP contribution in [0.3, 0.4) is 0 Å². The summed E-state index contributed by atoms with van der Waals surface area (Å²) in [6, 6.07) is -0.634. The van der Waals surface area contributed by atoms with Crippen LogP contribution in [0.5, 0.6) is 0 Å². The van der Waals surface area contributed by atoms with Gasteiger partial charge in [0.1, 0.15) is 0 Å². The van der Waals surface area contributed by atoms with Gasteiger partial charge >= 0.3 is 5.97 Å². The van der Waals surface area contributed by atoms with Crippen molar-refractivity contribution in [2.45, 2.75) is 334 Å². The number of nitrogens with one attached hydrogen (secondary N) is 1. The number of ether oxygens (including phenoxy) is 1. The van der Waals surface area contributed by atoms with Crippen molar-refractivity contribution < 1.29 is 24.5 Å². The summed E-state index contributed by atoms with van der Waals surface area (Å²) in [6.45, 7) is 4.91. The smallest absolute Gasteiger partial charge is 0.305 e. The molecule has 0 saturated carbocycles. The van der Waals surface area contributed by atoms with Gasteiger partial charge in [-0.05, 0) is 57.8 Å². The van der Waals surface area contributed by atoms with Crippen LogP contribution in [0.4, 0.5) is 0 Å². The predicted octanol–water partition coefficient (Wildman–Crippen LogP) is 18.2. The molecule has 390 valence electrons. The molecule has 0 aromatic heterocycles. The minimum atomic E-state index is -0.850. The highest BCUT2D eigenvalue weighted by Gasteiger charge is 2.18. The van der Waals surface area contributed by atoms with Gasteiger partial charge in [0.05, 0.1) is 25.4 Å². The normalized spacial score (nSPS) is 12.7. The van der Waals surface area contributed by atoms with Crippen LogP contribution < -0.4 is 5.32 Å². The summed E-state index contributed by atoms with van der Waals surface area (Å²) < 4.78 is 5.46. The lowest BCUT2D eigenvalue weighted by molar-refractivity contribution is -0.143. The molecule has 0 fully saturated rings. The zero-order valence-electron chi connectivity index (χ0n) is 44.4. The Labute approximate surface area is 411 Å². The Bertz CT molecular complexity index is 1030. The van der Waals surface area contributed by atoms with Gasteiger partial charge in [0.2, 0.25) is 5.91 Å². The maximum absolute atomic E-state index is 12.5. The summed E-state index contributed by atoms with van der Waals surface area (Å²) in [4.78, 5) is 24.5. The first kappa shape index (κ1) is 64.3. The lowest BCUT2D eigenvalue weighted by Gasteiger charge is -2.20. The van der Waals surface area contributed by atoms with Gasteiger partial charge in [-0.1, -0.05) is 276 Å². The summed E-state index contributed by atoms with van der Waals surface area (Å²) >= 11 is 0.